The minimum Gasteiger partial charge on any atom is -0.490 e. The molecule has 0 unspecified atom stereocenters. The van der Waals surface area contributed by atoms with Crippen LogP contribution in [0.15, 0.2) is 73.1 Å². The third kappa shape index (κ3) is 6.04. The summed E-state index contributed by atoms with van der Waals surface area (Å²) in [6.07, 6.45) is 5.52. The maximum absolute atomic E-state index is 13.2. The molecule has 160 valence electrons. The number of aromatic nitrogens is 1. The minimum absolute atomic E-state index is 0.0847. The van der Waals surface area contributed by atoms with E-state index in [-0.39, 0.29) is 17.8 Å². The molecule has 5 nitrogen and oxygen atoms in total. The maximum atomic E-state index is 13.2. The van der Waals surface area contributed by atoms with Crippen LogP contribution in [0.1, 0.15) is 24.0 Å². The van der Waals surface area contributed by atoms with E-state index in [2.05, 4.69) is 4.98 Å². The zero-order valence-electron chi connectivity index (χ0n) is 17.2. The fourth-order valence-electron chi connectivity index (χ4n) is 3.61. The molecule has 3 aromatic rings. The van der Waals surface area contributed by atoms with Crippen molar-refractivity contribution in [2.75, 3.05) is 13.1 Å². The minimum atomic E-state index is -0.269. The highest BCUT2D eigenvalue weighted by atomic mass is 19.1. The van der Waals surface area contributed by atoms with E-state index in [0.717, 1.165) is 29.7 Å². The Balaban J connectivity index is 1.22. The molecular weight excluding hydrogens is 395 g/mol. The third-order valence-electron chi connectivity index (χ3n) is 5.29. The highest BCUT2D eigenvalue weighted by molar-refractivity contribution is 5.78. The van der Waals surface area contributed by atoms with Crippen LogP contribution in [0.3, 0.4) is 0 Å². The quantitative estimate of drug-likeness (QED) is 0.568. The lowest BCUT2D eigenvalue weighted by atomic mass is 10.1. The standard InChI is InChI=1S/C25H25FN2O3/c26-21-5-1-3-20(15-21)18-30-22-6-8-23(9-7-22)31-24-10-13-28(14-11-24)25(29)16-19-4-2-12-27-17-19/h1-9,12,15,17,24H,10-11,13-14,16,18H2. The summed E-state index contributed by atoms with van der Waals surface area (Å²) in [7, 11) is 0. The summed E-state index contributed by atoms with van der Waals surface area (Å²) in [4.78, 5) is 18.4. The molecule has 1 amide bonds. The molecule has 31 heavy (non-hydrogen) atoms. The first kappa shape index (κ1) is 20.8. The summed E-state index contributed by atoms with van der Waals surface area (Å²) in [5, 5.41) is 0. The van der Waals surface area contributed by atoms with Crippen LogP contribution in [0.5, 0.6) is 11.5 Å². The number of carbonyl (C=O) groups excluding carboxylic acids is 1. The Kier molecular flexibility index (Phi) is 6.77. The zero-order chi connectivity index (χ0) is 21.5. The van der Waals surface area contributed by atoms with Crippen LogP contribution >= 0.6 is 0 Å². The largest absolute Gasteiger partial charge is 0.490 e. The Bertz CT molecular complexity index is 987. The van der Waals surface area contributed by atoms with Gasteiger partial charge >= 0.3 is 0 Å². The average Bonchev–Trinajstić information content (AvgIpc) is 2.80. The molecule has 2 aromatic carbocycles. The van der Waals surface area contributed by atoms with Gasteiger partial charge in [-0.3, -0.25) is 9.78 Å². The van der Waals surface area contributed by atoms with Gasteiger partial charge < -0.3 is 14.4 Å². The zero-order valence-corrected chi connectivity index (χ0v) is 17.2. The van der Waals surface area contributed by atoms with Crippen molar-refractivity contribution in [1.82, 2.24) is 9.88 Å². The van der Waals surface area contributed by atoms with Crippen molar-refractivity contribution in [3.63, 3.8) is 0 Å². The van der Waals surface area contributed by atoms with E-state index < -0.39 is 0 Å². The number of amides is 1. The van der Waals surface area contributed by atoms with Crippen LogP contribution < -0.4 is 9.47 Å². The second kappa shape index (κ2) is 10.1. The topological polar surface area (TPSA) is 51.7 Å². The Hall–Kier alpha value is -3.41. The molecule has 0 spiro atoms. The van der Waals surface area contributed by atoms with Crippen LogP contribution in [0.2, 0.25) is 0 Å². The van der Waals surface area contributed by atoms with E-state index in [1.54, 1.807) is 18.5 Å². The molecule has 0 aliphatic carbocycles. The molecule has 0 atom stereocenters. The lowest BCUT2D eigenvalue weighted by Gasteiger charge is -2.32. The summed E-state index contributed by atoms with van der Waals surface area (Å²) in [6.45, 7) is 1.70. The van der Waals surface area contributed by atoms with Gasteiger partial charge in [-0.25, -0.2) is 4.39 Å². The summed E-state index contributed by atoms with van der Waals surface area (Å²) in [5.74, 6) is 1.34. The fraction of sp³-hybridized carbons (Fsp3) is 0.280. The number of nitrogens with zero attached hydrogens (tertiary/aromatic N) is 2. The SMILES string of the molecule is O=C(Cc1cccnc1)N1CCC(Oc2ccc(OCc3cccc(F)c3)cc2)CC1. The number of rotatable bonds is 7. The smallest absolute Gasteiger partial charge is 0.227 e. The van der Waals surface area contributed by atoms with Crippen LogP contribution in [-0.4, -0.2) is 35.0 Å². The van der Waals surface area contributed by atoms with Gasteiger partial charge in [0.25, 0.3) is 0 Å². The van der Waals surface area contributed by atoms with Crippen molar-refractivity contribution < 1.29 is 18.7 Å². The van der Waals surface area contributed by atoms with Crippen molar-refractivity contribution in [1.29, 1.82) is 0 Å². The summed E-state index contributed by atoms with van der Waals surface area (Å²) in [5.41, 5.74) is 1.72. The van der Waals surface area contributed by atoms with Gasteiger partial charge in [0.2, 0.25) is 5.91 Å². The Morgan fingerprint density at radius 2 is 1.74 bits per heavy atom. The molecule has 6 heteroatoms. The number of benzene rings is 2. The second-order valence-electron chi connectivity index (χ2n) is 7.63. The highest BCUT2D eigenvalue weighted by Gasteiger charge is 2.24. The second-order valence-corrected chi connectivity index (χ2v) is 7.63. The van der Waals surface area contributed by atoms with Crippen LogP contribution in [0, 0.1) is 5.82 Å². The number of halogens is 1. The Labute approximate surface area is 181 Å². The van der Waals surface area contributed by atoms with Crippen molar-refractivity contribution in [2.45, 2.75) is 32.0 Å². The number of carbonyl (C=O) groups is 1. The number of likely N-dealkylation sites (tertiary alicyclic amines) is 1. The van der Waals surface area contributed by atoms with Crippen LogP contribution in [0.25, 0.3) is 0 Å². The van der Waals surface area contributed by atoms with Gasteiger partial charge in [-0.2, -0.15) is 0 Å². The molecule has 2 heterocycles. The fourth-order valence-corrected chi connectivity index (χ4v) is 3.61. The number of hydrogen-bond donors (Lipinski definition) is 0. The van der Waals surface area contributed by atoms with Gasteiger partial charge in [-0.05, 0) is 53.6 Å². The normalized spacial score (nSPS) is 14.3. The molecule has 1 saturated heterocycles. The number of piperidine rings is 1. The van der Waals surface area contributed by atoms with Crippen molar-refractivity contribution in [3.05, 3.63) is 90.0 Å². The highest BCUT2D eigenvalue weighted by Crippen LogP contribution is 2.23. The van der Waals surface area contributed by atoms with E-state index in [1.807, 2.05) is 47.4 Å². The summed E-state index contributed by atoms with van der Waals surface area (Å²) < 4.78 is 25.0. The van der Waals surface area contributed by atoms with Gasteiger partial charge in [0.15, 0.2) is 0 Å². The lowest BCUT2D eigenvalue weighted by molar-refractivity contribution is -0.132. The lowest BCUT2D eigenvalue weighted by Crippen LogP contribution is -2.42. The predicted molar refractivity (Wildman–Crippen MR) is 115 cm³/mol. The monoisotopic (exact) mass is 420 g/mol. The number of ether oxygens (including phenoxy) is 2. The molecular formula is C25H25FN2O3. The number of hydrogen-bond acceptors (Lipinski definition) is 4. The van der Waals surface area contributed by atoms with Crippen molar-refractivity contribution in [3.8, 4) is 11.5 Å². The molecule has 1 fully saturated rings. The van der Waals surface area contributed by atoms with Gasteiger partial charge in [0.1, 0.15) is 30.0 Å². The summed E-state index contributed by atoms with van der Waals surface area (Å²) >= 11 is 0. The molecule has 0 radical (unpaired) electrons. The van der Waals surface area contributed by atoms with Crippen molar-refractivity contribution >= 4 is 5.91 Å². The van der Waals surface area contributed by atoms with E-state index in [1.165, 1.54) is 12.1 Å². The van der Waals surface area contributed by atoms with E-state index in [9.17, 15) is 9.18 Å². The Morgan fingerprint density at radius 1 is 1.00 bits per heavy atom. The van der Waals surface area contributed by atoms with Gasteiger partial charge in [0, 0.05) is 38.3 Å². The average molecular weight is 420 g/mol. The molecule has 4 rings (SSSR count). The van der Waals surface area contributed by atoms with E-state index in [0.29, 0.717) is 31.9 Å². The molecule has 0 bridgehead atoms. The van der Waals surface area contributed by atoms with E-state index >= 15 is 0 Å². The molecule has 1 aromatic heterocycles. The first-order valence-electron chi connectivity index (χ1n) is 10.5. The molecule has 0 saturated carbocycles. The Morgan fingerprint density at radius 3 is 2.45 bits per heavy atom. The van der Waals surface area contributed by atoms with Gasteiger partial charge in [-0.15, -0.1) is 0 Å². The maximum Gasteiger partial charge on any atom is 0.227 e. The van der Waals surface area contributed by atoms with Crippen LogP contribution in [-0.2, 0) is 17.8 Å². The first-order valence-corrected chi connectivity index (χ1v) is 10.5. The summed E-state index contributed by atoms with van der Waals surface area (Å²) in [6, 6.07) is 17.6. The van der Waals surface area contributed by atoms with E-state index in [4.69, 9.17) is 9.47 Å². The van der Waals surface area contributed by atoms with Crippen LogP contribution in [0.4, 0.5) is 4.39 Å². The van der Waals surface area contributed by atoms with Gasteiger partial charge in [0.05, 0.1) is 6.42 Å². The number of pyridine rings is 1. The molecule has 1 aliphatic rings. The molecule has 1 aliphatic heterocycles. The first-order chi connectivity index (χ1) is 15.2. The predicted octanol–water partition coefficient (Wildman–Crippen LogP) is 4.41. The van der Waals surface area contributed by atoms with Gasteiger partial charge in [-0.1, -0.05) is 18.2 Å². The third-order valence-corrected chi connectivity index (χ3v) is 5.29. The van der Waals surface area contributed by atoms with Crippen molar-refractivity contribution in [2.24, 2.45) is 0 Å². The molecule has 0 N–H and O–H groups in total.